The van der Waals surface area contributed by atoms with E-state index in [1.54, 1.807) is 12.1 Å². The summed E-state index contributed by atoms with van der Waals surface area (Å²) in [5.74, 6) is 0.117. The van der Waals surface area contributed by atoms with Gasteiger partial charge in [0, 0.05) is 16.1 Å². The van der Waals surface area contributed by atoms with Crippen molar-refractivity contribution in [2.75, 3.05) is 0 Å². The number of rotatable bonds is 1. The van der Waals surface area contributed by atoms with E-state index in [1.807, 2.05) is 30.0 Å². The van der Waals surface area contributed by atoms with Gasteiger partial charge >= 0.3 is 0 Å². The molecule has 0 bridgehead atoms. The Kier molecular flexibility index (Phi) is 3.49. The van der Waals surface area contributed by atoms with Crippen molar-refractivity contribution in [2.24, 2.45) is 10.9 Å². The molecule has 0 saturated carbocycles. The van der Waals surface area contributed by atoms with E-state index in [-0.39, 0.29) is 11.1 Å². The van der Waals surface area contributed by atoms with Gasteiger partial charge in [0.2, 0.25) is 0 Å². The van der Waals surface area contributed by atoms with E-state index >= 15 is 0 Å². The highest BCUT2D eigenvalue weighted by Gasteiger charge is 2.37. The van der Waals surface area contributed by atoms with Gasteiger partial charge < -0.3 is 0 Å². The normalized spacial score (nSPS) is 20.9. The molecule has 0 radical (unpaired) electrons. The largest absolute Gasteiger partial charge is 0.251 e. The molecule has 3 aromatic rings. The van der Waals surface area contributed by atoms with E-state index < -0.39 is 0 Å². The molecule has 1 aliphatic carbocycles. The second kappa shape index (κ2) is 5.85. The number of hydrogen-bond donors (Lipinski definition) is 0. The zero-order valence-electron chi connectivity index (χ0n) is 13.5. The van der Waals surface area contributed by atoms with Crippen LogP contribution in [0.1, 0.15) is 21.9 Å². The summed E-state index contributed by atoms with van der Waals surface area (Å²) in [5, 5.41) is 0.232. The molecule has 0 amide bonds. The number of benzene rings is 3. The maximum absolute atomic E-state index is 13.4. The zero-order chi connectivity index (χ0) is 16.8. The molecule has 0 spiro atoms. The molecule has 1 nitrogen and oxygen atoms in total. The van der Waals surface area contributed by atoms with Crippen molar-refractivity contribution >= 4 is 23.2 Å². The van der Waals surface area contributed by atoms with Gasteiger partial charge in [-0.25, -0.2) is 4.39 Å². The first-order chi connectivity index (χ1) is 12.3. The third-order valence-electron chi connectivity index (χ3n) is 5.01. The first kappa shape index (κ1) is 14.9. The third kappa shape index (κ3) is 2.50. The third-order valence-corrected chi connectivity index (χ3v) is 6.46. The van der Waals surface area contributed by atoms with Crippen LogP contribution in [0.4, 0.5) is 10.1 Å². The van der Waals surface area contributed by atoms with Crippen molar-refractivity contribution in [1.82, 2.24) is 0 Å². The molecule has 0 N–H and O–H groups in total. The van der Waals surface area contributed by atoms with E-state index in [2.05, 4.69) is 42.5 Å². The minimum absolute atomic E-state index is 0.189. The van der Waals surface area contributed by atoms with Crippen molar-refractivity contribution in [3.8, 4) is 0 Å². The Morgan fingerprint density at radius 2 is 1.64 bits per heavy atom. The number of aliphatic imine (C=N–C) groups is 1. The number of nitrogens with zero attached hydrogens (tertiary/aromatic N) is 1. The lowest BCUT2D eigenvalue weighted by atomic mass is 9.94. The van der Waals surface area contributed by atoms with Crippen LogP contribution in [0.15, 0.2) is 82.7 Å². The Balaban J connectivity index is 1.70. The monoisotopic (exact) mass is 345 g/mol. The van der Waals surface area contributed by atoms with Gasteiger partial charge in [-0.3, -0.25) is 4.99 Å². The average molecular weight is 345 g/mol. The Bertz CT molecular complexity index is 977. The highest BCUT2D eigenvalue weighted by molar-refractivity contribution is 7.99. The van der Waals surface area contributed by atoms with E-state index in [0.717, 1.165) is 17.7 Å². The lowest BCUT2D eigenvalue weighted by Gasteiger charge is -2.22. The topological polar surface area (TPSA) is 12.4 Å². The molecule has 5 rings (SSSR count). The van der Waals surface area contributed by atoms with Gasteiger partial charge in [0.15, 0.2) is 0 Å². The first-order valence-electron chi connectivity index (χ1n) is 8.47. The fourth-order valence-electron chi connectivity index (χ4n) is 3.83. The Labute approximate surface area is 150 Å². The minimum Gasteiger partial charge on any atom is -0.251 e. The molecule has 25 heavy (non-hydrogen) atoms. The average Bonchev–Trinajstić information content (AvgIpc) is 2.92. The Morgan fingerprint density at radius 1 is 0.880 bits per heavy atom. The van der Waals surface area contributed by atoms with Crippen LogP contribution in [0.3, 0.4) is 0 Å². The second-order valence-corrected chi connectivity index (χ2v) is 7.71. The van der Waals surface area contributed by atoms with Crippen LogP contribution in [0.5, 0.6) is 0 Å². The fourth-order valence-corrected chi connectivity index (χ4v) is 5.17. The Hall–Kier alpha value is -2.39. The highest BCUT2D eigenvalue weighted by Crippen LogP contribution is 2.51. The smallest absolute Gasteiger partial charge is 0.123 e. The van der Waals surface area contributed by atoms with Crippen LogP contribution >= 0.6 is 11.8 Å². The number of para-hydroxylation sites is 1. The summed E-state index contributed by atoms with van der Waals surface area (Å²) in [5.41, 5.74) is 5.99. The summed E-state index contributed by atoms with van der Waals surface area (Å²) >= 11 is 1.85. The molecule has 2 aliphatic rings. The lowest BCUT2D eigenvalue weighted by Crippen LogP contribution is -2.16. The predicted molar refractivity (Wildman–Crippen MR) is 101 cm³/mol. The molecule has 3 heteroatoms. The maximum atomic E-state index is 13.4. The molecule has 1 aliphatic heterocycles. The van der Waals surface area contributed by atoms with Gasteiger partial charge in [0.1, 0.15) is 5.82 Å². The molecule has 3 aromatic carbocycles. The first-order valence-corrected chi connectivity index (χ1v) is 9.35. The number of fused-ring (bicyclic) bond motifs is 4. The fraction of sp³-hybridized carbons (Fsp3) is 0.136. The van der Waals surface area contributed by atoms with Crippen LogP contribution in [-0.4, -0.2) is 5.71 Å². The van der Waals surface area contributed by atoms with Crippen LogP contribution < -0.4 is 0 Å². The standard InChI is InChI=1S/C22H16FNS/c23-16-11-9-14(10-12-16)22-18-13-15-5-1-2-6-17(15)21(18)24-19-7-3-4-8-20(19)25-22/h1-12,18,22H,13H2/t18-,22-/m1/s1. The molecule has 0 unspecified atom stereocenters. The summed E-state index contributed by atoms with van der Waals surface area (Å²) in [6.07, 6.45) is 0.984. The molecule has 0 fully saturated rings. The molecule has 0 saturated heterocycles. The maximum Gasteiger partial charge on any atom is 0.123 e. The van der Waals surface area contributed by atoms with Crippen LogP contribution in [-0.2, 0) is 6.42 Å². The second-order valence-electron chi connectivity index (χ2n) is 6.52. The van der Waals surface area contributed by atoms with Crippen LogP contribution in [0.25, 0.3) is 0 Å². The molecule has 122 valence electrons. The molecule has 0 aromatic heterocycles. The van der Waals surface area contributed by atoms with Gasteiger partial charge in [-0.05, 0) is 47.4 Å². The van der Waals surface area contributed by atoms with E-state index in [4.69, 9.17) is 4.99 Å². The molecule has 1 heterocycles. The predicted octanol–water partition coefficient (Wildman–Crippen LogP) is 5.97. The highest BCUT2D eigenvalue weighted by atomic mass is 32.2. The minimum atomic E-state index is -0.189. The van der Waals surface area contributed by atoms with E-state index in [9.17, 15) is 4.39 Å². The number of halogens is 1. The summed E-state index contributed by atoms with van der Waals surface area (Å²) in [4.78, 5) is 6.25. The van der Waals surface area contributed by atoms with E-state index in [1.165, 1.54) is 21.7 Å². The molecule has 2 atom stereocenters. The summed E-state index contributed by atoms with van der Waals surface area (Å²) < 4.78 is 13.4. The number of thioether (sulfide) groups is 1. The van der Waals surface area contributed by atoms with Crippen molar-refractivity contribution < 1.29 is 4.39 Å². The Morgan fingerprint density at radius 3 is 2.52 bits per heavy atom. The summed E-state index contributed by atoms with van der Waals surface area (Å²) in [6, 6.07) is 23.8. The number of hydrogen-bond acceptors (Lipinski definition) is 2. The molecular formula is C22H16FNS. The van der Waals surface area contributed by atoms with Crippen molar-refractivity contribution in [2.45, 2.75) is 16.6 Å². The van der Waals surface area contributed by atoms with Crippen LogP contribution in [0, 0.1) is 11.7 Å². The van der Waals surface area contributed by atoms with Crippen molar-refractivity contribution in [1.29, 1.82) is 0 Å². The van der Waals surface area contributed by atoms with Gasteiger partial charge in [0.05, 0.1) is 11.4 Å². The van der Waals surface area contributed by atoms with E-state index in [0.29, 0.717) is 5.92 Å². The van der Waals surface area contributed by atoms with Gasteiger partial charge in [-0.2, -0.15) is 0 Å². The summed E-state index contributed by atoms with van der Waals surface area (Å²) in [6.45, 7) is 0. The molecular weight excluding hydrogens is 329 g/mol. The van der Waals surface area contributed by atoms with Crippen LogP contribution in [0.2, 0.25) is 0 Å². The zero-order valence-corrected chi connectivity index (χ0v) is 14.3. The lowest BCUT2D eigenvalue weighted by molar-refractivity contribution is 0.624. The SMILES string of the molecule is Fc1ccc([C@H]2Sc3ccccc3N=C3c4ccccc4C[C@H]32)cc1. The quantitative estimate of drug-likeness (QED) is 0.529. The van der Waals surface area contributed by atoms with Gasteiger partial charge in [0.25, 0.3) is 0 Å². The van der Waals surface area contributed by atoms with Gasteiger partial charge in [-0.1, -0.05) is 48.5 Å². The van der Waals surface area contributed by atoms with Crippen molar-refractivity contribution in [3.63, 3.8) is 0 Å². The van der Waals surface area contributed by atoms with Crippen molar-refractivity contribution in [3.05, 3.63) is 95.3 Å². The van der Waals surface area contributed by atoms with Gasteiger partial charge in [-0.15, -0.1) is 11.8 Å². The summed E-state index contributed by atoms with van der Waals surface area (Å²) in [7, 11) is 0.